The third-order valence-electron chi connectivity index (χ3n) is 6.40. The molecule has 182 valence electrons. The van der Waals surface area contributed by atoms with Crippen molar-refractivity contribution in [3.8, 4) is 0 Å². The van der Waals surface area contributed by atoms with Gasteiger partial charge in [-0.1, -0.05) is 49.6 Å². The van der Waals surface area contributed by atoms with Gasteiger partial charge in [0.05, 0.1) is 17.7 Å². The molecule has 1 aliphatic carbocycles. The zero-order valence-electron chi connectivity index (χ0n) is 19.5. The van der Waals surface area contributed by atoms with Crippen molar-refractivity contribution >= 4 is 17.5 Å². The van der Waals surface area contributed by atoms with Gasteiger partial charge in [0, 0.05) is 30.3 Å². The summed E-state index contributed by atoms with van der Waals surface area (Å²) in [7, 11) is 0. The molecular formula is C27H29N3O5. The van der Waals surface area contributed by atoms with Gasteiger partial charge >= 0.3 is 0 Å². The Balaban J connectivity index is 1.57. The zero-order chi connectivity index (χ0) is 24.6. The van der Waals surface area contributed by atoms with Crippen molar-refractivity contribution < 1.29 is 18.9 Å². The summed E-state index contributed by atoms with van der Waals surface area (Å²) in [5.41, 5.74) is 1.25. The van der Waals surface area contributed by atoms with Crippen LogP contribution in [0, 0.1) is 10.1 Å². The van der Waals surface area contributed by atoms with Gasteiger partial charge in [-0.2, -0.15) is 0 Å². The number of amides is 2. The number of furan rings is 1. The first kappa shape index (κ1) is 24.2. The zero-order valence-corrected chi connectivity index (χ0v) is 19.5. The molecular weight excluding hydrogens is 446 g/mol. The van der Waals surface area contributed by atoms with Gasteiger partial charge in [-0.25, -0.2) is 0 Å². The Hall–Kier alpha value is -3.94. The van der Waals surface area contributed by atoms with Crippen molar-refractivity contribution in [1.29, 1.82) is 0 Å². The molecule has 1 fully saturated rings. The Morgan fingerprint density at radius 2 is 1.63 bits per heavy atom. The number of hydrogen-bond donors (Lipinski definition) is 0. The molecule has 0 bridgehead atoms. The summed E-state index contributed by atoms with van der Waals surface area (Å²) in [4.78, 5) is 41.0. The van der Waals surface area contributed by atoms with E-state index in [-0.39, 0.29) is 30.1 Å². The van der Waals surface area contributed by atoms with Gasteiger partial charge in [0.1, 0.15) is 12.3 Å². The normalized spacial score (nSPS) is 13.8. The lowest BCUT2D eigenvalue weighted by atomic mass is 9.93. The predicted molar refractivity (Wildman–Crippen MR) is 130 cm³/mol. The predicted octanol–water partition coefficient (Wildman–Crippen LogP) is 5.19. The molecule has 1 heterocycles. The molecule has 0 aliphatic heterocycles. The first-order valence-corrected chi connectivity index (χ1v) is 11.9. The average molecular weight is 476 g/mol. The van der Waals surface area contributed by atoms with Crippen LogP contribution in [0.15, 0.2) is 77.4 Å². The summed E-state index contributed by atoms with van der Waals surface area (Å²) in [6, 6.07) is 18.9. The third kappa shape index (κ3) is 6.35. The molecule has 1 aliphatic rings. The van der Waals surface area contributed by atoms with Crippen LogP contribution in [0.1, 0.15) is 53.8 Å². The van der Waals surface area contributed by atoms with Crippen molar-refractivity contribution in [2.75, 3.05) is 6.54 Å². The summed E-state index contributed by atoms with van der Waals surface area (Å²) >= 11 is 0. The van der Waals surface area contributed by atoms with Crippen LogP contribution in [-0.2, 0) is 17.9 Å². The van der Waals surface area contributed by atoms with Crippen molar-refractivity contribution in [1.82, 2.24) is 9.80 Å². The minimum atomic E-state index is -0.493. The van der Waals surface area contributed by atoms with Crippen LogP contribution < -0.4 is 0 Å². The first-order chi connectivity index (χ1) is 17.0. The van der Waals surface area contributed by atoms with Crippen LogP contribution in [0.2, 0.25) is 0 Å². The van der Waals surface area contributed by atoms with Gasteiger partial charge in [-0.05, 0) is 42.7 Å². The van der Waals surface area contributed by atoms with E-state index in [4.69, 9.17) is 4.42 Å². The van der Waals surface area contributed by atoms with E-state index >= 15 is 0 Å². The number of carbonyl (C=O) groups is 2. The van der Waals surface area contributed by atoms with Crippen LogP contribution in [-0.4, -0.2) is 39.1 Å². The molecule has 1 aromatic heterocycles. The maximum atomic E-state index is 13.6. The number of benzene rings is 2. The number of non-ortho nitro benzene ring substituents is 1. The molecule has 0 spiro atoms. The molecule has 35 heavy (non-hydrogen) atoms. The van der Waals surface area contributed by atoms with E-state index in [1.807, 2.05) is 36.4 Å². The second-order valence-corrected chi connectivity index (χ2v) is 8.84. The second kappa shape index (κ2) is 11.5. The lowest BCUT2D eigenvalue weighted by Crippen LogP contribution is -2.48. The van der Waals surface area contributed by atoms with Gasteiger partial charge in [-0.15, -0.1) is 0 Å². The summed E-state index contributed by atoms with van der Waals surface area (Å²) in [6.07, 6.45) is 6.37. The first-order valence-electron chi connectivity index (χ1n) is 11.9. The standard InChI is InChI=1S/C27H29N3O5/c31-26(28(19-25-12-7-17-35-25)18-21-8-3-1-4-9-21)20-29(23-10-5-2-6-11-23)27(32)22-13-15-24(16-14-22)30(33)34/h1,3-4,7-9,12-17,23H,2,5-6,10-11,18-20H2. The summed E-state index contributed by atoms with van der Waals surface area (Å²) < 4.78 is 5.49. The number of nitro groups is 1. The minimum absolute atomic E-state index is 0.0439. The van der Waals surface area contributed by atoms with Crippen LogP contribution in [0.4, 0.5) is 5.69 Å². The molecule has 3 aromatic rings. The van der Waals surface area contributed by atoms with Crippen LogP contribution in [0.5, 0.6) is 0 Å². The molecule has 0 atom stereocenters. The van der Waals surface area contributed by atoms with Crippen LogP contribution in [0.25, 0.3) is 0 Å². The molecule has 0 saturated heterocycles. The van der Waals surface area contributed by atoms with Gasteiger partial charge in [0.25, 0.3) is 11.6 Å². The van der Waals surface area contributed by atoms with E-state index in [0.717, 1.165) is 37.7 Å². The summed E-state index contributed by atoms with van der Waals surface area (Å²) in [6.45, 7) is 0.629. The fourth-order valence-corrected chi connectivity index (χ4v) is 4.52. The highest BCUT2D eigenvalue weighted by molar-refractivity contribution is 5.97. The lowest BCUT2D eigenvalue weighted by Gasteiger charge is -2.35. The van der Waals surface area contributed by atoms with Crippen molar-refractivity contribution in [3.63, 3.8) is 0 Å². The summed E-state index contributed by atoms with van der Waals surface area (Å²) in [5, 5.41) is 11.0. The highest BCUT2D eigenvalue weighted by Gasteiger charge is 2.30. The highest BCUT2D eigenvalue weighted by Crippen LogP contribution is 2.25. The fourth-order valence-electron chi connectivity index (χ4n) is 4.52. The van der Waals surface area contributed by atoms with Crippen LogP contribution >= 0.6 is 0 Å². The Labute approximate surface area is 204 Å². The van der Waals surface area contributed by atoms with Gasteiger partial charge < -0.3 is 14.2 Å². The molecule has 0 N–H and O–H groups in total. The topological polar surface area (TPSA) is 96.9 Å². The number of nitro benzene ring substituents is 1. The fraction of sp³-hybridized carbons (Fsp3) is 0.333. The van der Waals surface area contributed by atoms with E-state index in [1.165, 1.54) is 24.3 Å². The van der Waals surface area contributed by atoms with Gasteiger partial charge in [0.2, 0.25) is 5.91 Å². The van der Waals surface area contributed by atoms with E-state index in [2.05, 4.69) is 0 Å². The quantitative estimate of drug-likeness (QED) is 0.313. The van der Waals surface area contributed by atoms with Crippen molar-refractivity contribution in [3.05, 3.63) is 100.0 Å². The smallest absolute Gasteiger partial charge is 0.269 e. The molecule has 8 heteroatoms. The minimum Gasteiger partial charge on any atom is -0.467 e. The summed E-state index contributed by atoms with van der Waals surface area (Å²) in [5.74, 6) is 0.212. The van der Waals surface area contributed by atoms with E-state index in [1.54, 1.807) is 22.1 Å². The van der Waals surface area contributed by atoms with Gasteiger partial charge in [-0.3, -0.25) is 19.7 Å². The number of carbonyl (C=O) groups excluding carboxylic acids is 2. The Kier molecular flexibility index (Phi) is 7.92. The van der Waals surface area contributed by atoms with Crippen LogP contribution in [0.3, 0.4) is 0 Å². The molecule has 2 aromatic carbocycles. The second-order valence-electron chi connectivity index (χ2n) is 8.84. The molecule has 8 nitrogen and oxygen atoms in total. The number of nitrogens with zero attached hydrogens (tertiary/aromatic N) is 3. The molecule has 0 radical (unpaired) electrons. The number of hydrogen-bond acceptors (Lipinski definition) is 5. The van der Waals surface area contributed by atoms with E-state index in [0.29, 0.717) is 24.4 Å². The number of rotatable bonds is 9. The third-order valence-corrected chi connectivity index (χ3v) is 6.40. The molecule has 0 unspecified atom stereocenters. The SMILES string of the molecule is O=C(CN(C(=O)c1ccc([N+](=O)[O-])cc1)C1CCCCC1)N(Cc1ccccc1)Cc1ccco1. The van der Waals surface area contributed by atoms with E-state index in [9.17, 15) is 19.7 Å². The Morgan fingerprint density at radius 1 is 0.914 bits per heavy atom. The average Bonchev–Trinajstić information content (AvgIpc) is 3.41. The largest absolute Gasteiger partial charge is 0.467 e. The van der Waals surface area contributed by atoms with E-state index < -0.39 is 4.92 Å². The molecule has 1 saturated carbocycles. The molecule has 4 rings (SSSR count). The molecule has 2 amide bonds. The maximum Gasteiger partial charge on any atom is 0.269 e. The lowest BCUT2D eigenvalue weighted by molar-refractivity contribution is -0.384. The van der Waals surface area contributed by atoms with Crippen molar-refractivity contribution in [2.24, 2.45) is 0 Å². The van der Waals surface area contributed by atoms with Crippen molar-refractivity contribution in [2.45, 2.75) is 51.2 Å². The Bertz CT molecular complexity index is 1120. The maximum absolute atomic E-state index is 13.6. The Morgan fingerprint density at radius 3 is 2.26 bits per heavy atom. The highest BCUT2D eigenvalue weighted by atomic mass is 16.6. The monoisotopic (exact) mass is 475 g/mol. The van der Waals surface area contributed by atoms with Gasteiger partial charge in [0.15, 0.2) is 0 Å².